The fraction of sp³-hybridized carbons (Fsp3) is 0.600. The molecule has 0 radical (unpaired) electrons. The zero-order valence-electron chi connectivity index (χ0n) is 6.23. The Morgan fingerprint density at radius 2 is 2.09 bits per heavy atom. The van der Waals surface area contributed by atoms with Crippen LogP contribution in [0.3, 0.4) is 0 Å². The van der Waals surface area contributed by atoms with Crippen molar-refractivity contribution in [2.24, 2.45) is 8.80 Å². The maximum Gasteiger partial charge on any atom is 0.366 e. The van der Waals surface area contributed by atoms with Gasteiger partial charge in [-0.25, -0.2) is 0 Å². The summed E-state index contributed by atoms with van der Waals surface area (Å²) in [5, 5.41) is 0. The maximum atomic E-state index is 10.7. The highest BCUT2D eigenvalue weighted by molar-refractivity contribution is 7.89. The van der Waals surface area contributed by atoms with Gasteiger partial charge >= 0.3 is 10.2 Å². The highest BCUT2D eigenvalue weighted by Gasteiger charge is 2.21. The van der Waals surface area contributed by atoms with E-state index in [1.54, 1.807) is 13.8 Å². The van der Waals surface area contributed by atoms with E-state index in [1.165, 1.54) is 0 Å². The Morgan fingerprint density at radius 1 is 1.45 bits per heavy atom. The van der Waals surface area contributed by atoms with Crippen LogP contribution < -0.4 is 0 Å². The Kier molecular flexibility index (Phi) is 1.95. The normalized spacial score (nSPS) is 20.9. The molecule has 0 amide bonds. The quantitative estimate of drug-likeness (QED) is 0.570. The van der Waals surface area contributed by atoms with Crippen molar-refractivity contribution < 1.29 is 13.2 Å². The molecule has 0 N–H and O–H groups in total. The third-order valence-corrected chi connectivity index (χ3v) is 1.94. The van der Waals surface area contributed by atoms with Gasteiger partial charge in [0.1, 0.15) is 5.71 Å². The average molecular weight is 176 g/mol. The molecule has 0 aliphatic carbocycles. The molecular formula is C5H8N2O3S. The van der Waals surface area contributed by atoms with Crippen LogP contribution in [0.15, 0.2) is 8.80 Å². The molecule has 0 saturated heterocycles. The fourth-order valence-electron chi connectivity index (χ4n) is 0.671. The standard InChI is InChI=1S/C5H8N2O3S/c1-3-10-5-4(2)6-11(8,9)7-5/h3H2,1-2H3. The van der Waals surface area contributed by atoms with Crippen LogP contribution in [0.1, 0.15) is 13.8 Å². The molecule has 0 bridgehead atoms. The summed E-state index contributed by atoms with van der Waals surface area (Å²) in [5.74, 6) is 0.104. The van der Waals surface area contributed by atoms with E-state index < -0.39 is 10.2 Å². The number of rotatable bonds is 1. The highest BCUT2D eigenvalue weighted by Crippen LogP contribution is 2.07. The van der Waals surface area contributed by atoms with Crippen LogP contribution in [-0.2, 0) is 14.9 Å². The van der Waals surface area contributed by atoms with E-state index in [0.717, 1.165) is 0 Å². The van der Waals surface area contributed by atoms with Crippen molar-refractivity contribution in [3.8, 4) is 0 Å². The molecule has 1 aliphatic heterocycles. The van der Waals surface area contributed by atoms with Gasteiger partial charge in [0.05, 0.1) is 6.61 Å². The zero-order chi connectivity index (χ0) is 8.48. The van der Waals surface area contributed by atoms with E-state index in [2.05, 4.69) is 8.80 Å². The summed E-state index contributed by atoms with van der Waals surface area (Å²) in [6, 6.07) is 0. The summed E-state index contributed by atoms with van der Waals surface area (Å²) in [5.41, 5.74) is 0.312. The molecule has 62 valence electrons. The molecule has 0 spiro atoms. The molecule has 1 heterocycles. The Labute approximate surface area is 65.0 Å². The molecule has 0 unspecified atom stereocenters. The molecule has 1 rings (SSSR count). The van der Waals surface area contributed by atoms with Crippen molar-refractivity contribution >= 4 is 21.8 Å². The maximum absolute atomic E-state index is 10.7. The first-order chi connectivity index (χ1) is 5.05. The zero-order valence-corrected chi connectivity index (χ0v) is 7.05. The summed E-state index contributed by atoms with van der Waals surface area (Å²) >= 11 is 0. The first kappa shape index (κ1) is 8.19. The molecule has 5 nitrogen and oxygen atoms in total. The van der Waals surface area contributed by atoms with Crippen molar-refractivity contribution in [3.05, 3.63) is 0 Å². The summed E-state index contributed by atoms with van der Waals surface area (Å²) in [7, 11) is -3.62. The minimum Gasteiger partial charge on any atom is -0.476 e. The Balaban J connectivity index is 2.95. The van der Waals surface area contributed by atoms with Crippen LogP contribution in [0.2, 0.25) is 0 Å². The van der Waals surface area contributed by atoms with E-state index in [9.17, 15) is 8.42 Å². The van der Waals surface area contributed by atoms with Gasteiger partial charge in [0.25, 0.3) is 0 Å². The van der Waals surface area contributed by atoms with Gasteiger partial charge in [0, 0.05) is 0 Å². The van der Waals surface area contributed by atoms with Gasteiger partial charge in [-0.15, -0.1) is 8.80 Å². The predicted octanol–water partition coefficient (Wildman–Crippen LogP) is 0.141. The third kappa shape index (κ3) is 1.76. The largest absolute Gasteiger partial charge is 0.476 e. The summed E-state index contributed by atoms with van der Waals surface area (Å²) in [4.78, 5) is 0. The second-order valence-corrected chi connectivity index (χ2v) is 3.21. The lowest BCUT2D eigenvalue weighted by Gasteiger charge is -1.97. The lowest BCUT2D eigenvalue weighted by atomic mass is 10.4. The molecule has 0 fully saturated rings. The van der Waals surface area contributed by atoms with Crippen molar-refractivity contribution in [1.29, 1.82) is 0 Å². The Bertz CT molecular complexity index is 315. The smallest absolute Gasteiger partial charge is 0.366 e. The number of ether oxygens (including phenoxy) is 1. The van der Waals surface area contributed by atoms with Crippen molar-refractivity contribution in [2.45, 2.75) is 13.8 Å². The van der Waals surface area contributed by atoms with Gasteiger partial charge in [0.15, 0.2) is 0 Å². The molecule has 6 heteroatoms. The van der Waals surface area contributed by atoms with Gasteiger partial charge in [0.2, 0.25) is 5.90 Å². The molecule has 0 aromatic carbocycles. The Hall–Kier alpha value is -0.910. The highest BCUT2D eigenvalue weighted by atomic mass is 32.2. The molecule has 1 aliphatic rings. The third-order valence-electron chi connectivity index (χ3n) is 1.04. The van der Waals surface area contributed by atoms with Gasteiger partial charge < -0.3 is 4.74 Å². The minimum absolute atomic E-state index is 0.104. The summed E-state index contributed by atoms with van der Waals surface area (Å²) in [6.45, 7) is 3.68. The van der Waals surface area contributed by atoms with Crippen molar-refractivity contribution in [2.75, 3.05) is 6.61 Å². The molecule has 11 heavy (non-hydrogen) atoms. The van der Waals surface area contributed by atoms with E-state index >= 15 is 0 Å². The van der Waals surface area contributed by atoms with Crippen LogP contribution in [0, 0.1) is 0 Å². The molecule has 0 aromatic heterocycles. The van der Waals surface area contributed by atoms with Gasteiger partial charge in [-0.05, 0) is 13.8 Å². The first-order valence-electron chi connectivity index (χ1n) is 3.10. The molecule has 0 atom stereocenters. The van der Waals surface area contributed by atoms with Gasteiger partial charge in [-0.3, -0.25) is 0 Å². The first-order valence-corrected chi connectivity index (χ1v) is 4.49. The van der Waals surface area contributed by atoms with E-state index in [1.807, 2.05) is 0 Å². The molecule has 0 saturated carbocycles. The van der Waals surface area contributed by atoms with Crippen LogP contribution >= 0.6 is 0 Å². The monoisotopic (exact) mass is 176 g/mol. The van der Waals surface area contributed by atoms with Crippen molar-refractivity contribution in [1.82, 2.24) is 0 Å². The summed E-state index contributed by atoms with van der Waals surface area (Å²) < 4.78 is 32.8. The number of hydrogen-bond donors (Lipinski definition) is 0. The van der Waals surface area contributed by atoms with Crippen LogP contribution in [-0.4, -0.2) is 26.6 Å². The average Bonchev–Trinajstić information content (AvgIpc) is 2.07. The van der Waals surface area contributed by atoms with E-state index in [4.69, 9.17) is 4.74 Å². The summed E-state index contributed by atoms with van der Waals surface area (Å²) in [6.07, 6.45) is 0. The van der Waals surface area contributed by atoms with Gasteiger partial charge in [-0.2, -0.15) is 8.42 Å². The van der Waals surface area contributed by atoms with E-state index in [0.29, 0.717) is 12.3 Å². The lowest BCUT2D eigenvalue weighted by Crippen LogP contribution is -2.10. The Morgan fingerprint density at radius 3 is 2.45 bits per heavy atom. The van der Waals surface area contributed by atoms with Crippen LogP contribution in [0.4, 0.5) is 0 Å². The number of nitrogens with zero attached hydrogens (tertiary/aromatic N) is 2. The molecule has 0 aromatic rings. The topological polar surface area (TPSA) is 68.1 Å². The lowest BCUT2D eigenvalue weighted by molar-refractivity contribution is 0.335. The SMILES string of the molecule is CCOC1=NS(=O)(=O)N=C1C. The van der Waals surface area contributed by atoms with Gasteiger partial charge in [-0.1, -0.05) is 0 Å². The second-order valence-electron chi connectivity index (χ2n) is 1.95. The minimum atomic E-state index is -3.62. The van der Waals surface area contributed by atoms with E-state index in [-0.39, 0.29) is 5.90 Å². The predicted molar refractivity (Wildman–Crippen MR) is 41.1 cm³/mol. The van der Waals surface area contributed by atoms with Crippen LogP contribution in [0.5, 0.6) is 0 Å². The second kappa shape index (κ2) is 2.61. The molecular weight excluding hydrogens is 168 g/mol. The van der Waals surface area contributed by atoms with Crippen molar-refractivity contribution in [3.63, 3.8) is 0 Å². The van der Waals surface area contributed by atoms with Crippen LogP contribution in [0.25, 0.3) is 0 Å². The fourth-order valence-corrected chi connectivity index (χ4v) is 1.53. The number of hydrogen-bond acceptors (Lipinski definition) is 3.